The molecule has 19 heavy (non-hydrogen) atoms. The van der Waals surface area contributed by atoms with Crippen LogP contribution in [0.4, 0.5) is 5.69 Å². The van der Waals surface area contributed by atoms with Gasteiger partial charge in [-0.3, -0.25) is 4.72 Å². The first-order valence-corrected chi connectivity index (χ1v) is 8.30. The molecule has 0 fully saturated rings. The van der Waals surface area contributed by atoms with Gasteiger partial charge in [-0.25, -0.2) is 8.42 Å². The van der Waals surface area contributed by atoms with Crippen LogP contribution in [0.15, 0.2) is 39.9 Å². The first-order valence-electron chi connectivity index (χ1n) is 5.94. The van der Waals surface area contributed by atoms with Gasteiger partial charge in [-0.2, -0.15) is 0 Å². The largest absolute Gasteiger partial charge is 0.326 e. The number of sulfonamides is 1. The van der Waals surface area contributed by atoms with Crippen LogP contribution in [-0.2, 0) is 23.0 Å². The van der Waals surface area contributed by atoms with Gasteiger partial charge in [0.15, 0.2) is 0 Å². The number of nitrogens with two attached hydrogens (primary N) is 1. The van der Waals surface area contributed by atoms with Gasteiger partial charge in [0.25, 0.3) is 10.0 Å². The second-order valence-corrected chi connectivity index (χ2v) is 6.95. The highest BCUT2D eigenvalue weighted by atomic mass is 32.2. The van der Waals surface area contributed by atoms with Crippen molar-refractivity contribution in [3.05, 3.63) is 46.8 Å². The Morgan fingerprint density at radius 1 is 1.21 bits per heavy atom. The van der Waals surface area contributed by atoms with Gasteiger partial charge in [0.2, 0.25) is 0 Å². The first-order chi connectivity index (χ1) is 9.05. The predicted molar refractivity (Wildman–Crippen MR) is 78.8 cm³/mol. The van der Waals surface area contributed by atoms with Crippen LogP contribution in [0.3, 0.4) is 0 Å². The Morgan fingerprint density at radius 3 is 2.42 bits per heavy atom. The van der Waals surface area contributed by atoms with Gasteiger partial charge in [0.05, 0.1) is 0 Å². The van der Waals surface area contributed by atoms with Crippen LogP contribution >= 0.6 is 11.3 Å². The number of hydrogen-bond acceptors (Lipinski definition) is 4. The van der Waals surface area contributed by atoms with Crippen LogP contribution in [0.2, 0.25) is 0 Å². The summed E-state index contributed by atoms with van der Waals surface area (Å²) in [5.41, 5.74) is 8.05. The average Bonchev–Trinajstić information content (AvgIpc) is 2.89. The number of rotatable bonds is 5. The smallest absolute Gasteiger partial charge is 0.271 e. The van der Waals surface area contributed by atoms with Crippen molar-refractivity contribution in [3.63, 3.8) is 0 Å². The summed E-state index contributed by atoms with van der Waals surface area (Å²) in [5.74, 6) is 0. The second-order valence-electron chi connectivity index (χ2n) is 4.13. The molecule has 2 rings (SSSR count). The van der Waals surface area contributed by atoms with Gasteiger partial charge in [-0.1, -0.05) is 19.1 Å². The van der Waals surface area contributed by atoms with Crippen molar-refractivity contribution >= 4 is 27.0 Å². The average molecular weight is 296 g/mol. The molecule has 2 aromatic rings. The van der Waals surface area contributed by atoms with E-state index in [1.165, 1.54) is 16.9 Å². The molecule has 102 valence electrons. The van der Waals surface area contributed by atoms with Crippen LogP contribution in [0.5, 0.6) is 0 Å². The van der Waals surface area contributed by atoms with Gasteiger partial charge in [0.1, 0.15) is 4.21 Å². The fourth-order valence-electron chi connectivity index (χ4n) is 1.62. The molecule has 0 saturated heterocycles. The fraction of sp³-hybridized carbons (Fsp3) is 0.231. The number of anilines is 1. The van der Waals surface area contributed by atoms with Gasteiger partial charge in [0, 0.05) is 12.2 Å². The van der Waals surface area contributed by atoms with Crippen LogP contribution in [0, 0.1) is 0 Å². The minimum atomic E-state index is -3.51. The lowest BCUT2D eigenvalue weighted by molar-refractivity contribution is 0.603. The van der Waals surface area contributed by atoms with Gasteiger partial charge < -0.3 is 5.73 Å². The molecule has 0 spiro atoms. The van der Waals surface area contributed by atoms with Crippen molar-refractivity contribution in [2.75, 3.05) is 4.72 Å². The standard InChI is InChI=1S/C13H16N2O2S2/c1-2-10-3-5-12(6-4-10)15-19(16,17)13-7-11(8-14)9-18-13/h3-7,9,15H,2,8,14H2,1H3. The zero-order valence-corrected chi connectivity index (χ0v) is 12.2. The van der Waals surface area contributed by atoms with Gasteiger partial charge in [-0.15, -0.1) is 11.3 Å². The lowest BCUT2D eigenvalue weighted by atomic mass is 10.2. The van der Waals surface area contributed by atoms with E-state index in [-0.39, 0.29) is 4.21 Å². The number of thiophene rings is 1. The molecule has 0 unspecified atom stereocenters. The SMILES string of the molecule is CCc1ccc(NS(=O)(=O)c2cc(CN)cs2)cc1. The maximum atomic E-state index is 12.1. The number of hydrogen-bond donors (Lipinski definition) is 2. The number of nitrogens with one attached hydrogen (secondary N) is 1. The van der Waals surface area contributed by atoms with Crippen molar-refractivity contribution < 1.29 is 8.42 Å². The maximum absolute atomic E-state index is 12.1. The Balaban J connectivity index is 2.20. The molecule has 6 heteroatoms. The summed E-state index contributed by atoms with van der Waals surface area (Å²) in [6, 6.07) is 8.98. The summed E-state index contributed by atoms with van der Waals surface area (Å²) < 4.78 is 27.1. The first kappa shape index (κ1) is 14.0. The lowest BCUT2D eigenvalue weighted by Gasteiger charge is -2.06. The molecule has 0 bridgehead atoms. The third-order valence-electron chi connectivity index (χ3n) is 2.74. The Kier molecular flexibility index (Phi) is 4.24. The third kappa shape index (κ3) is 3.34. The Morgan fingerprint density at radius 2 is 1.89 bits per heavy atom. The van der Waals surface area contributed by atoms with E-state index in [1.54, 1.807) is 23.6 Å². The van der Waals surface area contributed by atoms with E-state index in [0.29, 0.717) is 12.2 Å². The second kappa shape index (κ2) is 5.73. The Hall–Kier alpha value is -1.37. The normalized spacial score (nSPS) is 11.5. The van der Waals surface area contributed by atoms with Crippen molar-refractivity contribution in [3.8, 4) is 0 Å². The van der Waals surface area contributed by atoms with Crippen LogP contribution in [0.1, 0.15) is 18.1 Å². The molecule has 0 aliphatic carbocycles. The summed E-state index contributed by atoms with van der Waals surface area (Å²) in [6.07, 6.45) is 0.928. The van der Waals surface area contributed by atoms with E-state index in [1.807, 2.05) is 12.1 Å². The quantitative estimate of drug-likeness (QED) is 0.890. The van der Waals surface area contributed by atoms with Crippen molar-refractivity contribution in [1.82, 2.24) is 0 Å². The van der Waals surface area contributed by atoms with E-state index in [4.69, 9.17) is 5.73 Å². The third-order valence-corrected chi connectivity index (χ3v) is 5.61. The zero-order valence-electron chi connectivity index (χ0n) is 10.6. The molecule has 1 aromatic carbocycles. The summed E-state index contributed by atoms with van der Waals surface area (Å²) in [5, 5.41) is 1.76. The van der Waals surface area contributed by atoms with E-state index >= 15 is 0 Å². The molecule has 3 N–H and O–H groups in total. The van der Waals surface area contributed by atoms with Crippen molar-refractivity contribution in [2.45, 2.75) is 24.1 Å². The molecule has 0 aliphatic heterocycles. The molecular formula is C13H16N2O2S2. The highest BCUT2D eigenvalue weighted by Gasteiger charge is 2.16. The topological polar surface area (TPSA) is 72.2 Å². The van der Waals surface area contributed by atoms with E-state index < -0.39 is 10.0 Å². The molecule has 1 aromatic heterocycles. The molecule has 0 aliphatic rings. The van der Waals surface area contributed by atoms with Crippen LogP contribution in [-0.4, -0.2) is 8.42 Å². The van der Waals surface area contributed by atoms with Gasteiger partial charge >= 0.3 is 0 Å². The Bertz CT molecular complexity index is 646. The van der Waals surface area contributed by atoms with E-state index in [2.05, 4.69) is 11.6 Å². The molecular weight excluding hydrogens is 280 g/mol. The van der Waals surface area contributed by atoms with Crippen LogP contribution < -0.4 is 10.5 Å². The molecule has 0 amide bonds. The molecule has 0 atom stereocenters. The van der Waals surface area contributed by atoms with Gasteiger partial charge in [-0.05, 0) is 41.1 Å². The maximum Gasteiger partial charge on any atom is 0.271 e. The monoisotopic (exact) mass is 296 g/mol. The van der Waals surface area contributed by atoms with Crippen LogP contribution in [0.25, 0.3) is 0 Å². The highest BCUT2D eigenvalue weighted by molar-refractivity contribution is 7.94. The van der Waals surface area contributed by atoms with E-state index in [0.717, 1.165) is 12.0 Å². The number of benzene rings is 1. The summed E-state index contributed by atoms with van der Waals surface area (Å²) in [7, 11) is -3.51. The molecule has 4 nitrogen and oxygen atoms in total. The highest BCUT2D eigenvalue weighted by Crippen LogP contribution is 2.23. The van der Waals surface area contributed by atoms with Crippen molar-refractivity contribution in [2.24, 2.45) is 5.73 Å². The number of aryl methyl sites for hydroxylation is 1. The minimum Gasteiger partial charge on any atom is -0.326 e. The fourth-order valence-corrected chi connectivity index (χ4v) is 3.90. The molecule has 1 heterocycles. The molecule has 0 radical (unpaired) electrons. The summed E-state index contributed by atoms with van der Waals surface area (Å²) >= 11 is 1.18. The Labute approximate surface area is 117 Å². The van der Waals surface area contributed by atoms with E-state index in [9.17, 15) is 8.42 Å². The molecule has 0 saturated carbocycles. The predicted octanol–water partition coefficient (Wildman–Crippen LogP) is 2.57. The summed E-state index contributed by atoms with van der Waals surface area (Å²) in [6.45, 7) is 2.40. The van der Waals surface area contributed by atoms with Crippen molar-refractivity contribution in [1.29, 1.82) is 0 Å². The minimum absolute atomic E-state index is 0.285. The lowest BCUT2D eigenvalue weighted by Crippen LogP contribution is -2.11. The summed E-state index contributed by atoms with van der Waals surface area (Å²) in [4.78, 5) is 0. The zero-order chi connectivity index (χ0) is 13.9.